The zero-order chi connectivity index (χ0) is 17.9. The van der Waals surface area contributed by atoms with Gasteiger partial charge in [-0.25, -0.2) is 9.97 Å². The summed E-state index contributed by atoms with van der Waals surface area (Å²) in [7, 11) is 0. The smallest absolute Gasteiger partial charge is 0.257 e. The maximum atomic E-state index is 12.7. The summed E-state index contributed by atoms with van der Waals surface area (Å²) in [4.78, 5) is 24.5. The third kappa shape index (κ3) is 3.32. The summed E-state index contributed by atoms with van der Waals surface area (Å²) < 4.78 is 0. The first kappa shape index (κ1) is 16.7. The number of nitrogens with zero attached hydrogens (tertiary/aromatic N) is 2. The Morgan fingerprint density at radius 3 is 2.69 bits per heavy atom. The number of nitrogens with one attached hydrogen (secondary N) is 3. The van der Waals surface area contributed by atoms with Crippen molar-refractivity contribution in [3.63, 3.8) is 0 Å². The number of carbonyl (C=O) groups excluding carboxylic acids is 1. The molecule has 1 aliphatic heterocycles. The minimum Gasteiger partial charge on any atom is -0.340 e. The Morgan fingerprint density at radius 2 is 1.96 bits per heavy atom. The van der Waals surface area contributed by atoms with E-state index in [1.54, 1.807) is 12.3 Å². The highest BCUT2D eigenvalue weighted by molar-refractivity contribution is 6.10. The van der Waals surface area contributed by atoms with Crippen molar-refractivity contribution in [2.24, 2.45) is 0 Å². The van der Waals surface area contributed by atoms with Gasteiger partial charge in [-0.2, -0.15) is 0 Å². The van der Waals surface area contributed by atoms with Crippen molar-refractivity contribution >= 4 is 22.8 Å². The van der Waals surface area contributed by atoms with E-state index in [4.69, 9.17) is 0 Å². The quantitative estimate of drug-likeness (QED) is 0.675. The summed E-state index contributed by atoms with van der Waals surface area (Å²) in [6.45, 7) is 4.16. The van der Waals surface area contributed by atoms with Gasteiger partial charge in [0.05, 0.1) is 11.1 Å². The van der Waals surface area contributed by atoms with E-state index in [1.165, 1.54) is 18.4 Å². The second-order valence-corrected chi connectivity index (χ2v) is 6.69. The normalized spacial score (nSPS) is 15.3. The number of pyridine rings is 1. The van der Waals surface area contributed by atoms with Crippen LogP contribution in [0.25, 0.3) is 11.2 Å². The van der Waals surface area contributed by atoms with Crippen LogP contribution in [0.5, 0.6) is 0 Å². The average molecular weight is 349 g/mol. The van der Waals surface area contributed by atoms with Gasteiger partial charge < -0.3 is 15.6 Å². The van der Waals surface area contributed by atoms with Gasteiger partial charge in [-0.1, -0.05) is 19.1 Å². The number of aryl methyl sites for hydroxylation is 1. The van der Waals surface area contributed by atoms with Crippen LogP contribution in [-0.4, -0.2) is 33.9 Å². The molecule has 1 amide bonds. The molecule has 0 radical (unpaired) electrons. The molecule has 134 valence electrons. The van der Waals surface area contributed by atoms with Crippen LogP contribution in [0.3, 0.4) is 0 Å². The Bertz CT molecular complexity index is 910. The molecule has 3 heterocycles. The molecule has 1 fully saturated rings. The van der Waals surface area contributed by atoms with Crippen LogP contribution in [0.2, 0.25) is 0 Å². The first-order chi connectivity index (χ1) is 12.7. The van der Waals surface area contributed by atoms with Crippen molar-refractivity contribution in [3.8, 4) is 0 Å². The number of carbonyl (C=O) groups is 1. The van der Waals surface area contributed by atoms with Crippen molar-refractivity contribution in [1.29, 1.82) is 0 Å². The summed E-state index contributed by atoms with van der Waals surface area (Å²) in [5.74, 6) is 1.29. The second kappa shape index (κ2) is 7.25. The molecule has 0 saturated carbocycles. The number of hydrogen-bond acceptors (Lipinski definition) is 4. The minimum absolute atomic E-state index is 0.154. The standard InChI is InChI=1S/C20H23N5O/c1-2-17-24-18-16(9-12-22-19(18)25-17)20(26)23-15-5-3-13(4-6-15)14-7-10-21-11-8-14/h3-6,9,12,14,21H,2,7-8,10-11H2,1H3,(H,23,26)(H,22,24,25). The Morgan fingerprint density at radius 1 is 1.19 bits per heavy atom. The van der Waals surface area contributed by atoms with Crippen molar-refractivity contribution in [1.82, 2.24) is 20.3 Å². The summed E-state index contributed by atoms with van der Waals surface area (Å²) in [5.41, 5.74) is 3.97. The van der Waals surface area contributed by atoms with Crippen LogP contribution >= 0.6 is 0 Å². The van der Waals surface area contributed by atoms with E-state index >= 15 is 0 Å². The summed E-state index contributed by atoms with van der Waals surface area (Å²) in [6.07, 6.45) is 4.73. The molecule has 0 bridgehead atoms. The zero-order valence-electron chi connectivity index (χ0n) is 14.9. The van der Waals surface area contributed by atoms with Crippen molar-refractivity contribution < 1.29 is 4.79 Å². The Kier molecular flexibility index (Phi) is 4.67. The molecule has 6 heteroatoms. The van der Waals surface area contributed by atoms with Gasteiger partial charge in [-0.3, -0.25) is 4.79 Å². The number of imidazole rings is 1. The second-order valence-electron chi connectivity index (χ2n) is 6.69. The van der Waals surface area contributed by atoms with Crippen LogP contribution in [0.4, 0.5) is 5.69 Å². The Balaban J connectivity index is 1.52. The molecule has 3 N–H and O–H groups in total. The number of benzene rings is 1. The molecule has 0 atom stereocenters. The number of aromatic nitrogens is 3. The summed E-state index contributed by atoms with van der Waals surface area (Å²) >= 11 is 0. The first-order valence-corrected chi connectivity index (χ1v) is 9.20. The van der Waals surface area contributed by atoms with Gasteiger partial charge in [-0.05, 0) is 55.6 Å². The van der Waals surface area contributed by atoms with Gasteiger partial charge in [-0.15, -0.1) is 0 Å². The van der Waals surface area contributed by atoms with E-state index in [9.17, 15) is 4.79 Å². The van der Waals surface area contributed by atoms with Crippen molar-refractivity contribution in [2.75, 3.05) is 18.4 Å². The van der Waals surface area contributed by atoms with E-state index in [-0.39, 0.29) is 5.91 Å². The van der Waals surface area contributed by atoms with Crippen LogP contribution in [0.15, 0.2) is 36.5 Å². The molecule has 26 heavy (non-hydrogen) atoms. The number of hydrogen-bond donors (Lipinski definition) is 3. The number of piperidine rings is 1. The van der Waals surface area contributed by atoms with Gasteiger partial charge in [0.15, 0.2) is 5.65 Å². The molecule has 1 aromatic carbocycles. The minimum atomic E-state index is -0.154. The van der Waals surface area contributed by atoms with E-state index in [1.807, 2.05) is 19.1 Å². The molecule has 0 spiro atoms. The number of aromatic amines is 1. The van der Waals surface area contributed by atoms with E-state index in [0.717, 1.165) is 31.0 Å². The fourth-order valence-corrected chi connectivity index (χ4v) is 3.51. The van der Waals surface area contributed by atoms with Gasteiger partial charge in [0.2, 0.25) is 0 Å². The zero-order valence-corrected chi connectivity index (χ0v) is 14.9. The lowest BCUT2D eigenvalue weighted by molar-refractivity contribution is 0.102. The lowest BCUT2D eigenvalue weighted by Crippen LogP contribution is -2.26. The van der Waals surface area contributed by atoms with E-state index in [2.05, 4.69) is 37.7 Å². The highest BCUT2D eigenvalue weighted by Gasteiger charge is 2.16. The SMILES string of the molecule is CCc1nc2nccc(C(=O)Nc3ccc(C4CCNCC4)cc3)c2[nH]1. The van der Waals surface area contributed by atoms with Gasteiger partial charge in [0, 0.05) is 18.3 Å². The lowest BCUT2D eigenvalue weighted by Gasteiger charge is -2.23. The Hall–Kier alpha value is -2.73. The monoisotopic (exact) mass is 349 g/mol. The molecular weight excluding hydrogens is 326 g/mol. The number of amides is 1. The molecule has 1 saturated heterocycles. The van der Waals surface area contributed by atoms with E-state index < -0.39 is 0 Å². The fraction of sp³-hybridized carbons (Fsp3) is 0.350. The van der Waals surface area contributed by atoms with E-state index in [0.29, 0.717) is 22.6 Å². The molecule has 2 aromatic heterocycles. The molecule has 3 aromatic rings. The van der Waals surface area contributed by atoms with Crippen LogP contribution in [-0.2, 0) is 6.42 Å². The number of fused-ring (bicyclic) bond motifs is 1. The molecule has 0 unspecified atom stereocenters. The predicted octanol–water partition coefficient (Wildman–Crippen LogP) is 3.24. The van der Waals surface area contributed by atoms with Crippen molar-refractivity contribution in [2.45, 2.75) is 32.1 Å². The van der Waals surface area contributed by atoms with Gasteiger partial charge in [0.25, 0.3) is 5.91 Å². The Labute approximate surface area is 152 Å². The number of H-pyrrole nitrogens is 1. The molecule has 6 nitrogen and oxygen atoms in total. The molecule has 4 rings (SSSR count). The maximum absolute atomic E-state index is 12.7. The highest BCUT2D eigenvalue weighted by atomic mass is 16.1. The third-order valence-corrected chi connectivity index (χ3v) is 5.00. The summed E-state index contributed by atoms with van der Waals surface area (Å²) in [5, 5.41) is 6.37. The van der Waals surface area contributed by atoms with Crippen molar-refractivity contribution in [3.05, 3.63) is 53.5 Å². The third-order valence-electron chi connectivity index (χ3n) is 5.00. The predicted molar refractivity (Wildman–Crippen MR) is 103 cm³/mol. The number of anilines is 1. The van der Waals surface area contributed by atoms with Gasteiger partial charge >= 0.3 is 0 Å². The van der Waals surface area contributed by atoms with Crippen LogP contribution in [0.1, 0.15) is 47.4 Å². The molecular formula is C20H23N5O. The molecule has 0 aliphatic carbocycles. The lowest BCUT2D eigenvalue weighted by atomic mass is 9.90. The van der Waals surface area contributed by atoms with Crippen LogP contribution < -0.4 is 10.6 Å². The highest BCUT2D eigenvalue weighted by Crippen LogP contribution is 2.26. The first-order valence-electron chi connectivity index (χ1n) is 9.20. The average Bonchev–Trinajstić information content (AvgIpc) is 3.12. The fourth-order valence-electron chi connectivity index (χ4n) is 3.51. The largest absolute Gasteiger partial charge is 0.340 e. The van der Waals surface area contributed by atoms with Gasteiger partial charge in [0.1, 0.15) is 5.82 Å². The molecule has 1 aliphatic rings. The maximum Gasteiger partial charge on any atom is 0.257 e. The van der Waals surface area contributed by atoms with Crippen LogP contribution in [0, 0.1) is 0 Å². The topological polar surface area (TPSA) is 82.7 Å². The summed E-state index contributed by atoms with van der Waals surface area (Å²) in [6, 6.07) is 9.94. The number of rotatable bonds is 4.